The predicted octanol–water partition coefficient (Wildman–Crippen LogP) is 2.26. The highest BCUT2D eigenvalue weighted by Gasteiger charge is 2.35. The molecule has 1 amide bonds. The van der Waals surface area contributed by atoms with Crippen LogP contribution in [0, 0.1) is 11.6 Å². The number of rotatable bonds is 2. The van der Waals surface area contributed by atoms with Crippen LogP contribution < -0.4 is 4.90 Å². The topological polar surface area (TPSA) is 72.6 Å². The molecule has 0 N–H and O–H groups in total. The van der Waals surface area contributed by atoms with Gasteiger partial charge in [0.2, 0.25) is 11.4 Å². The summed E-state index contributed by atoms with van der Waals surface area (Å²) < 4.78 is 36.8. The fourth-order valence-electron chi connectivity index (χ4n) is 2.09. The fourth-order valence-corrected chi connectivity index (χ4v) is 2.09. The summed E-state index contributed by atoms with van der Waals surface area (Å²) in [4.78, 5) is 23.5. The van der Waals surface area contributed by atoms with Gasteiger partial charge in [-0.15, -0.1) is 0 Å². The molecule has 1 atom stereocenters. The van der Waals surface area contributed by atoms with Crippen molar-refractivity contribution in [1.29, 1.82) is 0 Å². The van der Waals surface area contributed by atoms with E-state index in [2.05, 4.69) is 5.16 Å². The molecule has 20 heavy (non-hydrogen) atoms. The van der Waals surface area contributed by atoms with Gasteiger partial charge in [-0.25, -0.2) is 9.18 Å². The molecule has 0 saturated carbocycles. The molecule has 1 aromatic heterocycles. The van der Waals surface area contributed by atoms with Crippen molar-refractivity contribution in [3.8, 4) is 0 Å². The number of fused-ring (bicyclic) bond motifs is 1. The molecule has 1 aliphatic rings. The van der Waals surface area contributed by atoms with Crippen LogP contribution in [0.25, 0.3) is 11.0 Å². The molecule has 0 aliphatic carbocycles. The van der Waals surface area contributed by atoms with Gasteiger partial charge >= 0.3 is 6.09 Å². The lowest BCUT2D eigenvalue weighted by atomic mass is 10.1. The van der Waals surface area contributed by atoms with Gasteiger partial charge in [-0.3, -0.25) is 9.69 Å². The van der Waals surface area contributed by atoms with Gasteiger partial charge in [0.1, 0.15) is 6.61 Å². The number of nitrogens with zero attached hydrogens (tertiary/aromatic N) is 2. The molecule has 0 spiro atoms. The SMILES string of the molecule is CC1COC(=O)N1c1noc2c(F)c(F)c(C=O)cc12. The zero-order valence-corrected chi connectivity index (χ0v) is 10.2. The van der Waals surface area contributed by atoms with E-state index < -0.39 is 28.9 Å². The summed E-state index contributed by atoms with van der Waals surface area (Å²) in [5.74, 6) is -2.63. The maximum atomic E-state index is 13.7. The van der Waals surface area contributed by atoms with Crippen LogP contribution in [0.15, 0.2) is 10.6 Å². The monoisotopic (exact) mass is 282 g/mol. The first kappa shape index (κ1) is 12.5. The predicted molar refractivity (Wildman–Crippen MR) is 62.6 cm³/mol. The first-order valence-corrected chi connectivity index (χ1v) is 5.73. The molecule has 1 unspecified atom stereocenters. The average molecular weight is 282 g/mol. The van der Waals surface area contributed by atoms with Crippen molar-refractivity contribution in [2.24, 2.45) is 0 Å². The smallest absolute Gasteiger partial charge is 0.416 e. The molecule has 6 nitrogen and oxygen atoms in total. The Morgan fingerprint density at radius 2 is 2.20 bits per heavy atom. The van der Waals surface area contributed by atoms with Crippen LogP contribution in [0.1, 0.15) is 17.3 Å². The van der Waals surface area contributed by atoms with Crippen molar-refractivity contribution >= 4 is 29.2 Å². The van der Waals surface area contributed by atoms with E-state index in [9.17, 15) is 18.4 Å². The Morgan fingerprint density at radius 3 is 2.80 bits per heavy atom. The van der Waals surface area contributed by atoms with Gasteiger partial charge in [0.15, 0.2) is 17.9 Å². The molecular formula is C12H8F2N2O4. The summed E-state index contributed by atoms with van der Waals surface area (Å²) in [5, 5.41) is 3.62. The van der Waals surface area contributed by atoms with Crippen molar-refractivity contribution in [2.75, 3.05) is 11.5 Å². The van der Waals surface area contributed by atoms with E-state index in [1.165, 1.54) is 0 Å². The molecule has 1 aromatic carbocycles. The van der Waals surface area contributed by atoms with Crippen LogP contribution in [0.3, 0.4) is 0 Å². The number of cyclic esters (lactones) is 1. The number of carbonyl (C=O) groups is 2. The van der Waals surface area contributed by atoms with Crippen LogP contribution in [-0.2, 0) is 4.74 Å². The molecule has 2 aromatic rings. The molecule has 0 radical (unpaired) electrons. The Hall–Kier alpha value is -2.51. The Labute approximate surface area is 110 Å². The molecule has 0 bridgehead atoms. The van der Waals surface area contributed by atoms with Crippen LogP contribution in [0.5, 0.6) is 0 Å². The summed E-state index contributed by atoms with van der Waals surface area (Å²) in [6.07, 6.45) is -0.481. The Bertz CT molecular complexity index is 728. The van der Waals surface area contributed by atoms with Crippen molar-refractivity contribution in [3.05, 3.63) is 23.3 Å². The van der Waals surface area contributed by atoms with Crippen molar-refractivity contribution in [2.45, 2.75) is 13.0 Å². The zero-order valence-electron chi connectivity index (χ0n) is 10.2. The molecule has 1 saturated heterocycles. The number of halogens is 2. The van der Waals surface area contributed by atoms with Crippen molar-refractivity contribution in [3.63, 3.8) is 0 Å². The number of amides is 1. The van der Waals surface area contributed by atoms with Crippen LogP contribution >= 0.6 is 0 Å². The highest BCUT2D eigenvalue weighted by Crippen LogP contribution is 2.33. The van der Waals surface area contributed by atoms with E-state index in [0.717, 1.165) is 11.0 Å². The highest BCUT2D eigenvalue weighted by atomic mass is 19.2. The lowest BCUT2D eigenvalue weighted by Crippen LogP contribution is -2.31. The molecule has 2 heterocycles. The first-order valence-electron chi connectivity index (χ1n) is 5.73. The molecule has 8 heteroatoms. The minimum Gasteiger partial charge on any atom is -0.447 e. The van der Waals surface area contributed by atoms with Gasteiger partial charge in [0.05, 0.1) is 17.0 Å². The summed E-state index contributed by atoms with van der Waals surface area (Å²) in [7, 11) is 0. The van der Waals surface area contributed by atoms with E-state index in [-0.39, 0.29) is 30.1 Å². The van der Waals surface area contributed by atoms with Crippen molar-refractivity contribution in [1.82, 2.24) is 5.16 Å². The van der Waals surface area contributed by atoms with Gasteiger partial charge in [-0.2, -0.15) is 4.39 Å². The lowest BCUT2D eigenvalue weighted by molar-refractivity contribution is 0.111. The molecular weight excluding hydrogens is 274 g/mol. The van der Waals surface area contributed by atoms with Crippen molar-refractivity contribution < 1.29 is 27.6 Å². The number of aldehydes is 1. The maximum absolute atomic E-state index is 13.7. The minimum atomic E-state index is -1.32. The van der Waals surface area contributed by atoms with Gasteiger partial charge in [0, 0.05) is 0 Å². The Balaban J connectivity index is 2.26. The highest BCUT2D eigenvalue weighted by molar-refractivity contribution is 6.01. The maximum Gasteiger partial charge on any atom is 0.416 e. The van der Waals surface area contributed by atoms with E-state index in [4.69, 9.17) is 9.26 Å². The number of anilines is 1. The minimum absolute atomic E-state index is 0.00278. The van der Waals surface area contributed by atoms with E-state index in [1.54, 1.807) is 6.92 Å². The Morgan fingerprint density at radius 1 is 1.45 bits per heavy atom. The quantitative estimate of drug-likeness (QED) is 0.790. The first-order chi connectivity index (χ1) is 9.54. The zero-order chi connectivity index (χ0) is 14.4. The van der Waals surface area contributed by atoms with E-state index in [0.29, 0.717) is 0 Å². The second-order valence-electron chi connectivity index (χ2n) is 4.39. The average Bonchev–Trinajstić information content (AvgIpc) is 2.97. The van der Waals surface area contributed by atoms with Gasteiger partial charge < -0.3 is 9.26 Å². The van der Waals surface area contributed by atoms with E-state index >= 15 is 0 Å². The normalized spacial score (nSPS) is 18.6. The fraction of sp³-hybridized carbons (Fsp3) is 0.250. The van der Waals surface area contributed by atoms with Gasteiger partial charge in [-0.05, 0) is 13.0 Å². The second-order valence-corrected chi connectivity index (χ2v) is 4.39. The number of hydrogen-bond acceptors (Lipinski definition) is 5. The van der Waals surface area contributed by atoms with E-state index in [1.807, 2.05) is 0 Å². The van der Waals surface area contributed by atoms with Crippen LogP contribution in [-0.4, -0.2) is 30.2 Å². The summed E-state index contributed by atoms with van der Waals surface area (Å²) in [5.41, 5.74) is -0.922. The third kappa shape index (κ3) is 1.57. The molecule has 104 valence electrons. The number of ether oxygens (including phenoxy) is 1. The van der Waals surface area contributed by atoms with Gasteiger partial charge in [-0.1, -0.05) is 5.16 Å². The summed E-state index contributed by atoms with van der Waals surface area (Å²) in [6.45, 7) is 1.85. The lowest BCUT2D eigenvalue weighted by Gasteiger charge is -2.14. The molecule has 1 fully saturated rings. The third-order valence-corrected chi connectivity index (χ3v) is 3.09. The van der Waals surface area contributed by atoms with Gasteiger partial charge in [0.25, 0.3) is 0 Å². The Kier molecular flexibility index (Phi) is 2.66. The number of benzene rings is 1. The van der Waals surface area contributed by atoms with Crippen LogP contribution in [0.2, 0.25) is 0 Å². The standard InChI is InChI=1S/C12H8F2N2O4/c1-5-4-19-12(18)16(5)11-7-2-6(3-17)8(13)9(14)10(7)20-15-11/h2-3,5H,4H2,1H3. The summed E-state index contributed by atoms with van der Waals surface area (Å²) >= 11 is 0. The number of hydrogen-bond donors (Lipinski definition) is 0. The second kappa shape index (κ2) is 4.26. The summed E-state index contributed by atoms with van der Waals surface area (Å²) in [6, 6.07) is 0.758. The third-order valence-electron chi connectivity index (χ3n) is 3.09. The largest absolute Gasteiger partial charge is 0.447 e. The van der Waals surface area contributed by atoms with Crippen LogP contribution in [0.4, 0.5) is 19.4 Å². The molecule has 1 aliphatic heterocycles. The number of carbonyl (C=O) groups excluding carboxylic acids is 2. The molecule has 3 rings (SSSR count). The number of aromatic nitrogens is 1.